The second-order valence-electron chi connectivity index (χ2n) is 11.2. The number of carbonyl (C=O) groups is 2. The van der Waals surface area contributed by atoms with Crippen LogP contribution in [0.4, 0.5) is 17.6 Å². The first-order valence-corrected chi connectivity index (χ1v) is 14.7. The van der Waals surface area contributed by atoms with Gasteiger partial charge in [0.05, 0.1) is 19.8 Å². The minimum atomic E-state index is -0.322. The zero-order valence-corrected chi connectivity index (χ0v) is 22.6. The Kier molecular flexibility index (Phi) is 7.82. The summed E-state index contributed by atoms with van der Waals surface area (Å²) < 4.78 is 5.41. The predicted molar refractivity (Wildman–Crippen MR) is 146 cm³/mol. The van der Waals surface area contributed by atoms with Gasteiger partial charge in [0.1, 0.15) is 17.7 Å². The molecule has 0 N–H and O–H groups in total. The van der Waals surface area contributed by atoms with Gasteiger partial charge in [-0.25, -0.2) is 0 Å². The van der Waals surface area contributed by atoms with Gasteiger partial charge in [0.15, 0.2) is 0 Å². The highest BCUT2D eigenvalue weighted by Crippen LogP contribution is 2.28. The van der Waals surface area contributed by atoms with Gasteiger partial charge >= 0.3 is 0 Å². The molecule has 0 aromatic carbocycles. The first-order chi connectivity index (χ1) is 18.7. The normalized spacial score (nSPS) is 25.1. The van der Waals surface area contributed by atoms with Crippen LogP contribution in [0.5, 0.6) is 0 Å². The molecule has 1 unspecified atom stereocenters. The Balaban J connectivity index is 1.09. The summed E-state index contributed by atoms with van der Waals surface area (Å²) in [7, 11) is 0. The fourth-order valence-corrected chi connectivity index (χ4v) is 6.47. The van der Waals surface area contributed by atoms with E-state index in [9.17, 15) is 9.59 Å². The molecule has 11 heteroatoms. The maximum atomic E-state index is 13.5. The lowest BCUT2D eigenvalue weighted by Gasteiger charge is -2.38. The second kappa shape index (κ2) is 11.6. The van der Waals surface area contributed by atoms with E-state index >= 15 is 0 Å². The van der Waals surface area contributed by atoms with Gasteiger partial charge in [-0.2, -0.15) is 9.97 Å². The maximum absolute atomic E-state index is 13.5. The van der Waals surface area contributed by atoms with Crippen LogP contribution in [0.15, 0.2) is 6.07 Å². The number of anilines is 3. The standard InChI is InChI=1S/C27H42N8O3/c36-25(21-30-16-18-38-19-17-30)35-11-5-6-22(35)26(37)33-14-12-32(13-15-33)24-20-23(31-7-1-2-8-31)28-27(29-24)34-9-3-4-10-34/h20,22H,1-19,21H2. The molecule has 5 saturated heterocycles. The highest BCUT2D eigenvalue weighted by Gasteiger charge is 2.38. The molecule has 1 atom stereocenters. The average molecular weight is 527 g/mol. The van der Waals surface area contributed by atoms with Gasteiger partial charge in [0.2, 0.25) is 17.8 Å². The summed E-state index contributed by atoms with van der Waals surface area (Å²) in [5.41, 5.74) is 0. The molecule has 2 amide bonds. The summed E-state index contributed by atoms with van der Waals surface area (Å²) in [6.07, 6.45) is 6.47. The third-order valence-corrected chi connectivity index (χ3v) is 8.74. The number of rotatable bonds is 6. The van der Waals surface area contributed by atoms with Crippen LogP contribution in [0.3, 0.4) is 0 Å². The van der Waals surface area contributed by atoms with Crippen molar-refractivity contribution in [2.75, 3.05) is 106 Å². The van der Waals surface area contributed by atoms with E-state index in [1.165, 1.54) is 25.7 Å². The van der Waals surface area contributed by atoms with Gasteiger partial charge in [-0.05, 0) is 38.5 Å². The zero-order valence-electron chi connectivity index (χ0n) is 22.6. The Bertz CT molecular complexity index is 948. The molecule has 38 heavy (non-hydrogen) atoms. The molecule has 6 rings (SSSR count). The van der Waals surface area contributed by atoms with Gasteiger partial charge < -0.3 is 29.2 Å². The number of hydrogen-bond acceptors (Lipinski definition) is 9. The largest absolute Gasteiger partial charge is 0.379 e. The van der Waals surface area contributed by atoms with E-state index in [-0.39, 0.29) is 17.9 Å². The lowest BCUT2D eigenvalue weighted by molar-refractivity contribution is -0.145. The summed E-state index contributed by atoms with van der Waals surface area (Å²) in [4.78, 5) is 49.5. The average Bonchev–Trinajstić information content (AvgIpc) is 3.76. The van der Waals surface area contributed by atoms with Crippen LogP contribution in [-0.2, 0) is 14.3 Å². The highest BCUT2D eigenvalue weighted by molar-refractivity contribution is 5.89. The second-order valence-corrected chi connectivity index (χ2v) is 11.2. The molecule has 11 nitrogen and oxygen atoms in total. The summed E-state index contributed by atoms with van der Waals surface area (Å²) in [5, 5.41) is 0. The van der Waals surface area contributed by atoms with Crippen molar-refractivity contribution in [3.63, 3.8) is 0 Å². The topological polar surface area (TPSA) is 88.6 Å². The summed E-state index contributed by atoms with van der Waals surface area (Å²) in [6, 6.07) is 1.82. The van der Waals surface area contributed by atoms with E-state index in [0.717, 1.165) is 82.8 Å². The van der Waals surface area contributed by atoms with Gasteiger partial charge in [0.25, 0.3) is 0 Å². The van der Waals surface area contributed by atoms with Crippen molar-refractivity contribution in [2.45, 2.75) is 44.6 Å². The number of morpholine rings is 1. The molecule has 1 aromatic heterocycles. The van der Waals surface area contributed by atoms with Crippen molar-refractivity contribution in [1.82, 2.24) is 24.7 Å². The Hall–Kier alpha value is -2.66. The molecule has 5 fully saturated rings. The monoisotopic (exact) mass is 526 g/mol. The van der Waals surface area contributed by atoms with Crippen molar-refractivity contribution in [3.05, 3.63) is 6.07 Å². The van der Waals surface area contributed by atoms with Crippen LogP contribution >= 0.6 is 0 Å². The number of hydrogen-bond donors (Lipinski definition) is 0. The van der Waals surface area contributed by atoms with Gasteiger partial charge in [-0.3, -0.25) is 14.5 Å². The fraction of sp³-hybridized carbons (Fsp3) is 0.778. The van der Waals surface area contributed by atoms with Crippen molar-refractivity contribution >= 4 is 29.4 Å². The van der Waals surface area contributed by atoms with E-state index in [0.29, 0.717) is 39.4 Å². The first kappa shape index (κ1) is 25.6. The number of aromatic nitrogens is 2. The molecule has 208 valence electrons. The third-order valence-electron chi connectivity index (χ3n) is 8.74. The van der Waals surface area contributed by atoms with Crippen molar-refractivity contribution in [2.24, 2.45) is 0 Å². The number of nitrogens with zero attached hydrogens (tertiary/aromatic N) is 8. The number of carbonyl (C=O) groups excluding carboxylic acids is 2. The van der Waals surface area contributed by atoms with Crippen LogP contribution in [-0.4, -0.2) is 134 Å². The fourth-order valence-electron chi connectivity index (χ4n) is 6.47. The summed E-state index contributed by atoms with van der Waals surface area (Å²) in [6.45, 7) is 10.9. The Morgan fingerprint density at radius 2 is 1.34 bits per heavy atom. The molecule has 0 aliphatic carbocycles. The number of likely N-dealkylation sites (tertiary alicyclic amines) is 1. The highest BCUT2D eigenvalue weighted by atomic mass is 16.5. The number of ether oxygens (including phenoxy) is 1. The van der Waals surface area contributed by atoms with Crippen molar-refractivity contribution < 1.29 is 14.3 Å². The Morgan fingerprint density at radius 1 is 0.737 bits per heavy atom. The molecule has 1 aromatic rings. The van der Waals surface area contributed by atoms with E-state index in [4.69, 9.17) is 14.7 Å². The number of amides is 2. The smallest absolute Gasteiger partial charge is 0.245 e. The molecule has 0 spiro atoms. The van der Waals surface area contributed by atoms with Gasteiger partial charge in [-0.1, -0.05) is 0 Å². The SMILES string of the molecule is O=C(C1CCCN1C(=O)CN1CCOCC1)N1CCN(c2cc(N3CCCC3)nc(N3CCCC3)n2)CC1. The lowest BCUT2D eigenvalue weighted by Crippen LogP contribution is -2.55. The minimum absolute atomic E-state index is 0.0752. The lowest BCUT2D eigenvalue weighted by atomic mass is 10.1. The Labute approximate surface area is 225 Å². The molecule has 6 heterocycles. The molecule has 0 bridgehead atoms. The van der Waals surface area contributed by atoms with Crippen molar-refractivity contribution in [3.8, 4) is 0 Å². The van der Waals surface area contributed by atoms with Gasteiger partial charge in [0, 0.05) is 78.1 Å². The first-order valence-electron chi connectivity index (χ1n) is 14.7. The quantitative estimate of drug-likeness (QED) is 0.530. The predicted octanol–water partition coefficient (Wildman–Crippen LogP) is 0.649. The van der Waals surface area contributed by atoms with Crippen LogP contribution < -0.4 is 14.7 Å². The summed E-state index contributed by atoms with van der Waals surface area (Å²) in [5.74, 6) is 3.04. The van der Waals surface area contributed by atoms with Gasteiger partial charge in [-0.15, -0.1) is 0 Å². The minimum Gasteiger partial charge on any atom is -0.379 e. The Morgan fingerprint density at radius 3 is 2.00 bits per heavy atom. The number of piperazine rings is 1. The molecular formula is C27H42N8O3. The van der Waals surface area contributed by atoms with Crippen LogP contribution in [0.1, 0.15) is 38.5 Å². The van der Waals surface area contributed by atoms with Crippen LogP contribution in [0, 0.1) is 0 Å². The van der Waals surface area contributed by atoms with E-state index in [1.807, 2.05) is 9.80 Å². The van der Waals surface area contributed by atoms with E-state index < -0.39 is 0 Å². The van der Waals surface area contributed by atoms with Crippen LogP contribution in [0.2, 0.25) is 0 Å². The van der Waals surface area contributed by atoms with E-state index in [2.05, 4.69) is 25.7 Å². The zero-order chi connectivity index (χ0) is 25.9. The van der Waals surface area contributed by atoms with Crippen LogP contribution in [0.25, 0.3) is 0 Å². The molecule has 5 aliphatic rings. The third kappa shape index (κ3) is 5.54. The van der Waals surface area contributed by atoms with Crippen molar-refractivity contribution in [1.29, 1.82) is 0 Å². The maximum Gasteiger partial charge on any atom is 0.245 e. The molecule has 0 saturated carbocycles. The summed E-state index contributed by atoms with van der Waals surface area (Å²) >= 11 is 0. The van der Waals surface area contributed by atoms with E-state index in [1.54, 1.807) is 0 Å². The molecule has 0 radical (unpaired) electrons. The molecular weight excluding hydrogens is 484 g/mol. The molecule has 5 aliphatic heterocycles.